The van der Waals surface area contributed by atoms with Crippen molar-refractivity contribution in [1.82, 2.24) is 9.55 Å². The molecule has 1 N–H and O–H groups in total. The van der Waals surface area contributed by atoms with Crippen LogP contribution in [-0.4, -0.2) is 20.6 Å². The minimum absolute atomic E-state index is 0.294. The lowest BCUT2D eigenvalue weighted by Crippen LogP contribution is -2.27. The molecule has 0 radical (unpaired) electrons. The molecule has 1 aromatic carbocycles. The van der Waals surface area contributed by atoms with Crippen LogP contribution in [0.5, 0.6) is 0 Å². The Balaban J connectivity index is 2.36. The number of carbonyl (C=O) groups is 1. The minimum Gasteiger partial charge on any atom is -0.480 e. The topological polar surface area (TPSA) is 72.2 Å². The molecule has 6 heteroatoms. The number of aromatic nitrogens is 2. The summed E-state index contributed by atoms with van der Waals surface area (Å²) in [5.74, 6) is -0.635. The standard InChI is InChI=1S/C18H18N2O3S/c1-9-5-6-13(7-10(9)2)15-11(3)24-17-16(15)18(23)20(8-14(21)22)12(4)19-17/h5-7H,8H2,1-4H3,(H,21,22). The van der Waals surface area contributed by atoms with Crippen LogP contribution in [0.15, 0.2) is 23.0 Å². The lowest BCUT2D eigenvalue weighted by atomic mass is 9.99. The van der Waals surface area contributed by atoms with E-state index in [2.05, 4.69) is 11.1 Å². The molecule has 0 amide bonds. The van der Waals surface area contributed by atoms with E-state index in [1.165, 1.54) is 21.5 Å². The van der Waals surface area contributed by atoms with E-state index in [1.807, 2.05) is 32.9 Å². The average molecular weight is 342 g/mol. The van der Waals surface area contributed by atoms with E-state index in [4.69, 9.17) is 5.11 Å². The number of aliphatic carboxylic acids is 1. The Morgan fingerprint density at radius 1 is 1.21 bits per heavy atom. The van der Waals surface area contributed by atoms with Gasteiger partial charge in [0.2, 0.25) is 0 Å². The molecule has 0 unspecified atom stereocenters. The summed E-state index contributed by atoms with van der Waals surface area (Å²) in [6, 6.07) is 6.09. The smallest absolute Gasteiger partial charge is 0.323 e. The summed E-state index contributed by atoms with van der Waals surface area (Å²) >= 11 is 1.47. The monoisotopic (exact) mass is 342 g/mol. The summed E-state index contributed by atoms with van der Waals surface area (Å²) in [6.45, 7) is 7.33. The number of thiophene rings is 1. The van der Waals surface area contributed by atoms with Crippen LogP contribution in [0.25, 0.3) is 21.3 Å². The Bertz CT molecular complexity index is 1030. The van der Waals surface area contributed by atoms with E-state index >= 15 is 0 Å². The number of carboxylic acid groups (broad SMARTS) is 1. The van der Waals surface area contributed by atoms with Gasteiger partial charge in [-0.3, -0.25) is 14.2 Å². The zero-order valence-electron chi connectivity index (χ0n) is 14.0. The molecule has 124 valence electrons. The number of hydrogen-bond acceptors (Lipinski definition) is 4. The quantitative estimate of drug-likeness (QED) is 0.791. The Morgan fingerprint density at radius 2 is 1.92 bits per heavy atom. The van der Waals surface area contributed by atoms with E-state index in [9.17, 15) is 9.59 Å². The van der Waals surface area contributed by atoms with Gasteiger partial charge < -0.3 is 5.11 Å². The first-order chi connectivity index (χ1) is 11.3. The lowest BCUT2D eigenvalue weighted by Gasteiger charge is -2.09. The number of fused-ring (bicyclic) bond motifs is 1. The summed E-state index contributed by atoms with van der Waals surface area (Å²) in [5.41, 5.74) is 3.86. The van der Waals surface area contributed by atoms with Crippen LogP contribution in [0.2, 0.25) is 0 Å². The summed E-state index contributed by atoms with van der Waals surface area (Å²) in [6.07, 6.45) is 0. The van der Waals surface area contributed by atoms with Crippen LogP contribution in [0.1, 0.15) is 21.8 Å². The van der Waals surface area contributed by atoms with Crippen molar-refractivity contribution in [3.63, 3.8) is 0 Å². The van der Waals surface area contributed by atoms with Crippen LogP contribution in [0, 0.1) is 27.7 Å². The van der Waals surface area contributed by atoms with E-state index in [-0.39, 0.29) is 12.1 Å². The van der Waals surface area contributed by atoms with E-state index in [0.29, 0.717) is 16.0 Å². The normalized spacial score (nSPS) is 11.2. The molecule has 2 heterocycles. The predicted molar refractivity (Wildman–Crippen MR) is 95.9 cm³/mol. The van der Waals surface area contributed by atoms with Gasteiger partial charge in [-0.15, -0.1) is 11.3 Å². The zero-order chi connectivity index (χ0) is 17.6. The van der Waals surface area contributed by atoms with Crippen LogP contribution in [-0.2, 0) is 11.3 Å². The summed E-state index contributed by atoms with van der Waals surface area (Å²) < 4.78 is 1.22. The molecule has 3 aromatic rings. The van der Waals surface area contributed by atoms with Crippen molar-refractivity contribution in [2.45, 2.75) is 34.2 Å². The highest BCUT2D eigenvalue weighted by Crippen LogP contribution is 2.36. The van der Waals surface area contributed by atoms with Crippen LogP contribution in [0.3, 0.4) is 0 Å². The molecule has 2 aromatic heterocycles. The van der Waals surface area contributed by atoms with E-state index in [1.54, 1.807) is 6.92 Å². The van der Waals surface area contributed by atoms with E-state index in [0.717, 1.165) is 21.6 Å². The van der Waals surface area contributed by atoms with Gasteiger partial charge in [-0.1, -0.05) is 18.2 Å². The third-order valence-corrected chi connectivity index (χ3v) is 5.27. The molecule has 0 bridgehead atoms. The predicted octanol–water partition coefficient (Wildman–Crippen LogP) is 3.44. The average Bonchev–Trinajstić information content (AvgIpc) is 2.82. The first-order valence-electron chi connectivity index (χ1n) is 7.59. The van der Waals surface area contributed by atoms with Gasteiger partial charge >= 0.3 is 5.97 Å². The molecule has 3 rings (SSSR count). The molecular weight excluding hydrogens is 324 g/mol. The summed E-state index contributed by atoms with van der Waals surface area (Å²) in [4.78, 5) is 30.1. The van der Waals surface area contributed by atoms with Crippen molar-refractivity contribution in [3.05, 3.63) is 50.4 Å². The third kappa shape index (κ3) is 2.63. The molecule has 24 heavy (non-hydrogen) atoms. The summed E-state index contributed by atoms with van der Waals surface area (Å²) in [5, 5.41) is 9.57. The van der Waals surface area contributed by atoms with Gasteiger partial charge in [0.15, 0.2) is 0 Å². The zero-order valence-corrected chi connectivity index (χ0v) is 14.8. The van der Waals surface area contributed by atoms with Gasteiger partial charge in [0.25, 0.3) is 5.56 Å². The van der Waals surface area contributed by atoms with Crippen molar-refractivity contribution in [2.75, 3.05) is 0 Å². The molecule has 0 saturated carbocycles. The van der Waals surface area contributed by atoms with Crippen LogP contribution < -0.4 is 5.56 Å². The Hall–Kier alpha value is -2.47. The molecule has 0 aliphatic heterocycles. The van der Waals surface area contributed by atoms with Crippen LogP contribution >= 0.6 is 11.3 Å². The van der Waals surface area contributed by atoms with Gasteiger partial charge in [-0.05, 0) is 44.4 Å². The van der Waals surface area contributed by atoms with Gasteiger partial charge in [-0.25, -0.2) is 4.98 Å². The highest BCUT2D eigenvalue weighted by Gasteiger charge is 2.19. The SMILES string of the molecule is Cc1ccc(-c2c(C)sc3nc(C)n(CC(=O)O)c(=O)c23)cc1C. The molecule has 0 saturated heterocycles. The molecule has 0 atom stereocenters. The summed E-state index contributed by atoms with van der Waals surface area (Å²) in [7, 11) is 0. The highest BCUT2D eigenvalue weighted by molar-refractivity contribution is 7.19. The first-order valence-corrected chi connectivity index (χ1v) is 8.41. The maximum atomic E-state index is 12.9. The van der Waals surface area contributed by atoms with Crippen molar-refractivity contribution in [3.8, 4) is 11.1 Å². The molecular formula is C18H18N2O3S. The molecule has 0 aliphatic carbocycles. The maximum Gasteiger partial charge on any atom is 0.323 e. The molecule has 0 fully saturated rings. The number of carboxylic acids is 1. The van der Waals surface area contributed by atoms with Crippen LogP contribution in [0.4, 0.5) is 0 Å². The van der Waals surface area contributed by atoms with Gasteiger partial charge in [-0.2, -0.15) is 0 Å². The second kappa shape index (κ2) is 5.87. The molecule has 0 spiro atoms. The number of aryl methyl sites for hydroxylation is 4. The second-order valence-corrected chi connectivity index (χ2v) is 7.16. The Morgan fingerprint density at radius 3 is 2.54 bits per heavy atom. The van der Waals surface area contributed by atoms with Crippen molar-refractivity contribution >= 4 is 27.5 Å². The minimum atomic E-state index is -1.05. The van der Waals surface area contributed by atoms with Crippen molar-refractivity contribution in [1.29, 1.82) is 0 Å². The number of hydrogen-bond donors (Lipinski definition) is 1. The Labute approximate surface area is 143 Å². The first kappa shape index (κ1) is 16.4. The van der Waals surface area contributed by atoms with E-state index < -0.39 is 5.97 Å². The van der Waals surface area contributed by atoms with Crippen molar-refractivity contribution in [2.24, 2.45) is 0 Å². The molecule has 5 nitrogen and oxygen atoms in total. The van der Waals surface area contributed by atoms with Crippen molar-refractivity contribution < 1.29 is 9.90 Å². The third-order valence-electron chi connectivity index (χ3n) is 4.27. The Kier molecular flexibility index (Phi) is 4.01. The maximum absolute atomic E-state index is 12.9. The molecule has 0 aliphatic rings. The largest absolute Gasteiger partial charge is 0.480 e. The van der Waals surface area contributed by atoms with Gasteiger partial charge in [0, 0.05) is 10.4 Å². The fourth-order valence-electron chi connectivity index (χ4n) is 2.86. The highest BCUT2D eigenvalue weighted by atomic mass is 32.1. The van der Waals surface area contributed by atoms with Gasteiger partial charge in [0.05, 0.1) is 5.39 Å². The number of nitrogens with zero attached hydrogens (tertiary/aromatic N) is 2. The number of benzene rings is 1. The van der Waals surface area contributed by atoms with Gasteiger partial charge in [0.1, 0.15) is 17.2 Å². The lowest BCUT2D eigenvalue weighted by molar-refractivity contribution is -0.137. The second-order valence-electron chi connectivity index (χ2n) is 5.96. The fraction of sp³-hybridized carbons (Fsp3) is 0.278. The number of rotatable bonds is 3. The fourth-order valence-corrected chi connectivity index (χ4v) is 3.94.